The second kappa shape index (κ2) is 11.3. The zero-order valence-corrected chi connectivity index (χ0v) is 18.4. The fourth-order valence-corrected chi connectivity index (χ4v) is 4.02. The number of nitrogens with two attached hydrogens (primary N) is 1. The maximum absolute atomic E-state index is 12.1. The fourth-order valence-electron chi connectivity index (χ4n) is 4.02. The van der Waals surface area contributed by atoms with E-state index in [1.54, 1.807) is 0 Å². The molecule has 166 valence electrons. The van der Waals surface area contributed by atoms with Crippen LogP contribution >= 0.6 is 0 Å². The van der Waals surface area contributed by atoms with Gasteiger partial charge < -0.3 is 20.7 Å². The first-order chi connectivity index (χ1) is 13.2. The number of carbonyl (C=O) groups is 3. The number of fused-ring (bicyclic) bond motifs is 1. The lowest BCUT2D eigenvalue weighted by atomic mass is 10.1. The van der Waals surface area contributed by atoms with Crippen LogP contribution in [0.3, 0.4) is 0 Å². The number of hydrogen-bond acceptors (Lipinski definition) is 4. The second-order valence-electron chi connectivity index (χ2n) is 8.42. The van der Waals surface area contributed by atoms with Gasteiger partial charge in [-0.3, -0.25) is 9.59 Å². The number of primary amides is 1. The van der Waals surface area contributed by atoms with Crippen LogP contribution in [0, 0.1) is 23.7 Å². The summed E-state index contributed by atoms with van der Waals surface area (Å²) in [5.41, 5.74) is 5.27. The SMILES string of the molecule is CC.CC(C)C.CC1C2CC(OC(=O)NCC(=O)N3CCC[C@H]3C(N)=O)CC12.[HH].[HH]. The van der Waals surface area contributed by atoms with E-state index in [1.807, 2.05) is 13.8 Å². The summed E-state index contributed by atoms with van der Waals surface area (Å²) in [5.74, 6) is 2.24. The zero-order chi connectivity index (χ0) is 21.4. The van der Waals surface area contributed by atoms with E-state index in [0.29, 0.717) is 24.8 Å². The van der Waals surface area contributed by atoms with E-state index in [0.717, 1.165) is 31.1 Å². The van der Waals surface area contributed by atoms with Crippen molar-refractivity contribution in [2.24, 2.45) is 29.4 Å². The van der Waals surface area contributed by atoms with E-state index in [1.165, 1.54) is 4.90 Å². The highest BCUT2D eigenvalue weighted by Crippen LogP contribution is 2.57. The van der Waals surface area contributed by atoms with E-state index >= 15 is 0 Å². The van der Waals surface area contributed by atoms with Crippen LogP contribution in [-0.2, 0) is 14.3 Å². The molecule has 7 heteroatoms. The molecule has 1 heterocycles. The maximum Gasteiger partial charge on any atom is 0.407 e. The summed E-state index contributed by atoms with van der Waals surface area (Å²) in [6, 6.07) is -0.547. The second-order valence-corrected chi connectivity index (χ2v) is 8.42. The Morgan fingerprint density at radius 3 is 2.21 bits per heavy atom. The number of carbonyl (C=O) groups excluding carboxylic acids is 3. The van der Waals surface area contributed by atoms with Gasteiger partial charge >= 0.3 is 6.09 Å². The van der Waals surface area contributed by atoms with Gasteiger partial charge in [0.15, 0.2) is 0 Å². The third kappa shape index (κ3) is 6.99. The predicted molar refractivity (Wildman–Crippen MR) is 114 cm³/mol. The topological polar surface area (TPSA) is 102 Å². The molecule has 0 aromatic heterocycles. The van der Waals surface area contributed by atoms with Crippen molar-refractivity contribution in [3.63, 3.8) is 0 Å². The van der Waals surface area contributed by atoms with Crippen molar-refractivity contribution >= 4 is 17.9 Å². The molecular weight excluding hydrogens is 358 g/mol. The number of amides is 3. The summed E-state index contributed by atoms with van der Waals surface area (Å²) in [6.45, 7) is 13.1. The van der Waals surface area contributed by atoms with Crippen molar-refractivity contribution in [3.8, 4) is 0 Å². The Bertz CT molecular complexity index is 534. The van der Waals surface area contributed by atoms with Gasteiger partial charge in [0.25, 0.3) is 0 Å². The van der Waals surface area contributed by atoms with Gasteiger partial charge in [0.05, 0.1) is 0 Å². The molecule has 0 spiro atoms. The van der Waals surface area contributed by atoms with Crippen LogP contribution in [0.4, 0.5) is 4.79 Å². The molecule has 0 bridgehead atoms. The maximum atomic E-state index is 12.1. The molecule has 0 aromatic carbocycles. The number of ether oxygens (including phenoxy) is 1. The van der Waals surface area contributed by atoms with Crippen molar-refractivity contribution in [3.05, 3.63) is 0 Å². The minimum atomic E-state index is -0.554. The predicted octanol–water partition coefficient (Wildman–Crippen LogP) is 3.41. The summed E-state index contributed by atoms with van der Waals surface area (Å²) in [6.07, 6.45) is 2.64. The molecule has 3 aliphatic rings. The van der Waals surface area contributed by atoms with Crippen LogP contribution in [0.5, 0.6) is 0 Å². The normalized spacial score (nSPS) is 29.7. The van der Waals surface area contributed by atoms with Crippen LogP contribution in [0.2, 0.25) is 0 Å². The van der Waals surface area contributed by atoms with E-state index in [4.69, 9.17) is 10.5 Å². The molecule has 3 fully saturated rings. The molecule has 7 nitrogen and oxygen atoms in total. The Morgan fingerprint density at radius 1 is 1.18 bits per heavy atom. The smallest absolute Gasteiger partial charge is 0.407 e. The summed E-state index contributed by atoms with van der Waals surface area (Å²) in [4.78, 5) is 36.5. The van der Waals surface area contributed by atoms with Crippen molar-refractivity contribution in [1.29, 1.82) is 0 Å². The Hall–Kier alpha value is -1.79. The summed E-state index contributed by atoms with van der Waals surface area (Å²) in [7, 11) is 0. The van der Waals surface area contributed by atoms with Crippen LogP contribution in [0.1, 0.15) is 70.1 Å². The lowest BCUT2D eigenvalue weighted by Gasteiger charge is -2.22. The number of nitrogens with one attached hydrogen (secondary N) is 1. The molecule has 2 saturated carbocycles. The van der Waals surface area contributed by atoms with Gasteiger partial charge in [-0.1, -0.05) is 41.5 Å². The van der Waals surface area contributed by atoms with Gasteiger partial charge in [0.2, 0.25) is 11.8 Å². The van der Waals surface area contributed by atoms with Gasteiger partial charge in [-0.2, -0.15) is 0 Å². The Balaban J connectivity index is 0. The first-order valence-corrected chi connectivity index (χ1v) is 10.7. The Morgan fingerprint density at radius 2 is 1.71 bits per heavy atom. The van der Waals surface area contributed by atoms with Gasteiger partial charge in [0, 0.05) is 9.40 Å². The number of alkyl carbamates (subject to hydrolysis) is 1. The minimum Gasteiger partial charge on any atom is -0.446 e. The minimum absolute atomic E-state index is 0. The third-order valence-electron chi connectivity index (χ3n) is 5.39. The molecular formula is C21H43N3O4. The van der Waals surface area contributed by atoms with Gasteiger partial charge in [-0.15, -0.1) is 0 Å². The van der Waals surface area contributed by atoms with Crippen molar-refractivity contribution < 1.29 is 22.0 Å². The molecule has 0 aromatic rings. The highest BCUT2D eigenvalue weighted by molar-refractivity contribution is 5.89. The van der Waals surface area contributed by atoms with Gasteiger partial charge in [0.1, 0.15) is 18.7 Å². The van der Waals surface area contributed by atoms with Gasteiger partial charge in [-0.05, 0) is 49.4 Å². The van der Waals surface area contributed by atoms with E-state index in [-0.39, 0.29) is 21.4 Å². The van der Waals surface area contributed by atoms with Crippen LogP contribution in [-0.4, -0.2) is 48.0 Å². The number of rotatable bonds is 4. The highest BCUT2D eigenvalue weighted by atomic mass is 16.6. The number of hydrogen-bond donors (Lipinski definition) is 2. The quantitative estimate of drug-likeness (QED) is 0.753. The summed E-state index contributed by atoms with van der Waals surface area (Å²) < 4.78 is 5.34. The number of likely N-dealkylation sites (tertiary alicyclic amines) is 1. The van der Waals surface area contributed by atoms with E-state index in [9.17, 15) is 14.4 Å². The lowest BCUT2D eigenvalue weighted by Crippen LogP contribution is -2.47. The Labute approximate surface area is 172 Å². The average molecular weight is 402 g/mol. The van der Waals surface area contributed by atoms with Crippen molar-refractivity contribution in [2.45, 2.75) is 79.4 Å². The highest BCUT2D eigenvalue weighted by Gasteiger charge is 2.54. The molecule has 0 radical (unpaired) electrons. The average Bonchev–Trinajstić information content (AvgIpc) is 3.07. The molecule has 3 N–H and O–H groups in total. The van der Waals surface area contributed by atoms with Crippen LogP contribution in [0.15, 0.2) is 0 Å². The molecule has 3 atom stereocenters. The summed E-state index contributed by atoms with van der Waals surface area (Å²) >= 11 is 0. The van der Waals surface area contributed by atoms with E-state index < -0.39 is 18.0 Å². The molecule has 2 aliphatic carbocycles. The van der Waals surface area contributed by atoms with Crippen LogP contribution in [0.25, 0.3) is 0 Å². The summed E-state index contributed by atoms with van der Waals surface area (Å²) in [5, 5.41) is 2.48. The van der Waals surface area contributed by atoms with Crippen molar-refractivity contribution in [1.82, 2.24) is 10.2 Å². The molecule has 1 saturated heterocycles. The molecule has 3 amide bonds. The van der Waals surface area contributed by atoms with Crippen LogP contribution < -0.4 is 11.1 Å². The van der Waals surface area contributed by atoms with E-state index in [2.05, 4.69) is 33.0 Å². The number of nitrogens with zero attached hydrogens (tertiary/aromatic N) is 1. The zero-order valence-electron chi connectivity index (χ0n) is 18.4. The Kier molecular flexibility index (Phi) is 9.76. The van der Waals surface area contributed by atoms with Gasteiger partial charge in [-0.25, -0.2) is 4.79 Å². The first-order valence-electron chi connectivity index (χ1n) is 10.7. The van der Waals surface area contributed by atoms with Crippen molar-refractivity contribution in [2.75, 3.05) is 13.1 Å². The first kappa shape index (κ1) is 24.2. The lowest BCUT2D eigenvalue weighted by molar-refractivity contribution is -0.136. The monoisotopic (exact) mass is 401 g/mol. The largest absolute Gasteiger partial charge is 0.446 e. The third-order valence-corrected chi connectivity index (χ3v) is 5.39. The molecule has 3 rings (SSSR count). The standard InChI is InChI=1S/C15H23N3O4.C4H10.C2H6.2H2/c1-8-10-5-9(6-11(8)10)22-15(21)17-7-13(19)18-4-2-3-12(18)14(16)20;1-4(2)3;1-2;;/h8-12H,2-7H2,1H3,(H2,16,20)(H,17,21);4H,1-3H3;1-2H3;2*1H/t8?,9?,10?,11?,12-;;;;/m0..../s1. The fraction of sp³-hybridized carbons (Fsp3) is 0.857. The molecule has 2 unspecified atom stereocenters. The molecule has 1 aliphatic heterocycles. The molecule has 28 heavy (non-hydrogen) atoms.